The third-order valence-corrected chi connectivity index (χ3v) is 3.57. The first kappa shape index (κ1) is 14.8. The maximum atomic E-state index is 4.63. The van der Waals surface area contributed by atoms with E-state index in [1.54, 1.807) is 6.33 Å². The Morgan fingerprint density at radius 3 is 2.60 bits per heavy atom. The molecule has 7 heteroatoms. The molecule has 108 valence electrons. The van der Waals surface area contributed by atoms with Gasteiger partial charge in [-0.05, 0) is 18.7 Å². The number of aromatic nitrogens is 5. The van der Waals surface area contributed by atoms with Crippen LogP contribution < -0.4 is 5.32 Å². The van der Waals surface area contributed by atoms with Crippen molar-refractivity contribution < 1.29 is 0 Å². The Bertz CT molecular complexity index is 587. The van der Waals surface area contributed by atoms with Gasteiger partial charge in [0.05, 0.1) is 0 Å². The lowest BCUT2D eigenvalue weighted by Gasteiger charge is -2.18. The van der Waals surface area contributed by atoms with Gasteiger partial charge in [0.2, 0.25) is 0 Å². The van der Waals surface area contributed by atoms with Crippen LogP contribution in [0.1, 0.15) is 33.5 Å². The molecule has 0 saturated carbocycles. The van der Waals surface area contributed by atoms with E-state index in [1.807, 2.05) is 24.6 Å². The van der Waals surface area contributed by atoms with Crippen LogP contribution in [0.25, 0.3) is 0 Å². The summed E-state index contributed by atoms with van der Waals surface area (Å²) in [5, 5.41) is 12.9. The lowest BCUT2D eigenvalue weighted by molar-refractivity contribution is 0.539. The molecule has 2 rings (SSSR count). The molecule has 0 aromatic carbocycles. The molecular weight excluding hydrogens is 272 g/mol. The van der Waals surface area contributed by atoms with E-state index in [1.165, 1.54) is 11.8 Å². The summed E-state index contributed by atoms with van der Waals surface area (Å²) in [6.07, 6.45) is 1.68. The molecule has 2 aromatic heterocycles. The molecule has 0 aliphatic carbocycles. The largest absolute Gasteiger partial charge is 0.370 e. The van der Waals surface area contributed by atoms with Crippen LogP contribution in [0.4, 0.5) is 5.82 Å². The monoisotopic (exact) mass is 292 g/mol. The summed E-state index contributed by atoms with van der Waals surface area (Å²) < 4.78 is 1.87. The molecule has 2 aromatic rings. The van der Waals surface area contributed by atoms with Gasteiger partial charge in [-0.1, -0.05) is 20.8 Å². The fraction of sp³-hybridized carbons (Fsp3) is 0.538. The van der Waals surface area contributed by atoms with E-state index in [4.69, 9.17) is 0 Å². The third kappa shape index (κ3) is 3.47. The lowest BCUT2D eigenvalue weighted by atomic mass is 9.96. The standard InChI is InChI=1S/C13H20N6S/c1-6-14-9-7-10(17-11(16-9)13(2,3)4)20-12-18-15-8-19(12)5/h7-8H,6H2,1-5H3,(H,14,16,17). The number of anilines is 1. The second-order valence-corrected chi connectivity index (χ2v) is 6.51. The van der Waals surface area contributed by atoms with E-state index in [0.717, 1.165) is 28.4 Å². The Balaban J connectivity index is 2.36. The molecule has 0 saturated heterocycles. The molecule has 0 spiro atoms. The number of aryl methyl sites for hydroxylation is 1. The predicted molar refractivity (Wildman–Crippen MR) is 80.0 cm³/mol. The Kier molecular flexibility index (Phi) is 4.27. The fourth-order valence-corrected chi connectivity index (χ4v) is 2.31. The molecule has 6 nitrogen and oxygen atoms in total. The second-order valence-electron chi connectivity index (χ2n) is 5.52. The van der Waals surface area contributed by atoms with Crippen molar-refractivity contribution in [1.82, 2.24) is 24.7 Å². The van der Waals surface area contributed by atoms with Gasteiger partial charge in [0.25, 0.3) is 0 Å². The van der Waals surface area contributed by atoms with E-state index >= 15 is 0 Å². The van der Waals surface area contributed by atoms with Crippen LogP contribution in [0.3, 0.4) is 0 Å². The first-order valence-electron chi connectivity index (χ1n) is 6.55. The van der Waals surface area contributed by atoms with Crippen LogP contribution in [-0.4, -0.2) is 31.3 Å². The van der Waals surface area contributed by atoms with Gasteiger partial charge < -0.3 is 9.88 Å². The quantitative estimate of drug-likeness (QED) is 0.873. The second kappa shape index (κ2) is 5.78. The van der Waals surface area contributed by atoms with Crippen molar-refractivity contribution in [1.29, 1.82) is 0 Å². The first-order chi connectivity index (χ1) is 9.40. The minimum Gasteiger partial charge on any atom is -0.370 e. The Labute approximate surface area is 123 Å². The minimum atomic E-state index is -0.0966. The van der Waals surface area contributed by atoms with Gasteiger partial charge in [0, 0.05) is 25.1 Å². The molecule has 1 N–H and O–H groups in total. The molecule has 20 heavy (non-hydrogen) atoms. The topological polar surface area (TPSA) is 68.5 Å². The van der Waals surface area contributed by atoms with Crippen LogP contribution in [-0.2, 0) is 12.5 Å². The van der Waals surface area contributed by atoms with Crippen molar-refractivity contribution in [2.24, 2.45) is 7.05 Å². The van der Waals surface area contributed by atoms with Crippen molar-refractivity contribution >= 4 is 17.6 Å². The smallest absolute Gasteiger partial charge is 0.197 e. The number of rotatable bonds is 4. The maximum absolute atomic E-state index is 4.63. The first-order valence-corrected chi connectivity index (χ1v) is 7.37. The fourth-order valence-electron chi connectivity index (χ4n) is 1.54. The zero-order valence-corrected chi connectivity index (χ0v) is 13.3. The van der Waals surface area contributed by atoms with Crippen LogP contribution in [0.5, 0.6) is 0 Å². The molecular formula is C13H20N6S. The van der Waals surface area contributed by atoms with E-state index in [2.05, 4.69) is 46.3 Å². The highest BCUT2D eigenvalue weighted by molar-refractivity contribution is 7.99. The number of nitrogens with one attached hydrogen (secondary N) is 1. The number of hydrogen-bond acceptors (Lipinski definition) is 6. The van der Waals surface area contributed by atoms with E-state index in [9.17, 15) is 0 Å². The summed E-state index contributed by atoms with van der Waals surface area (Å²) in [6, 6.07) is 1.94. The van der Waals surface area contributed by atoms with Gasteiger partial charge >= 0.3 is 0 Å². The molecule has 0 unspecified atom stereocenters. The summed E-state index contributed by atoms with van der Waals surface area (Å²) in [4.78, 5) is 9.20. The average Bonchev–Trinajstić information content (AvgIpc) is 2.74. The molecule has 0 amide bonds. The van der Waals surface area contributed by atoms with Gasteiger partial charge in [0.1, 0.15) is 23.0 Å². The lowest BCUT2D eigenvalue weighted by Crippen LogP contribution is -2.17. The molecule has 0 aliphatic heterocycles. The van der Waals surface area contributed by atoms with E-state index in [-0.39, 0.29) is 5.41 Å². The SMILES string of the molecule is CCNc1cc(Sc2nncn2C)nc(C(C)(C)C)n1. The zero-order valence-electron chi connectivity index (χ0n) is 12.5. The third-order valence-electron chi connectivity index (χ3n) is 2.60. The highest BCUT2D eigenvalue weighted by atomic mass is 32.2. The minimum absolute atomic E-state index is 0.0966. The van der Waals surface area contributed by atoms with Crippen molar-refractivity contribution in [3.63, 3.8) is 0 Å². The average molecular weight is 292 g/mol. The van der Waals surface area contributed by atoms with Gasteiger partial charge in [-0.2, -0.15) is 0 Å². The van der Waals surface area contributed by atoms with E-state index in [0.29, 0.717) is 0 Å². The Morgan fingerprint density at radius 2 is 2.05 bits per heavy atom. The summed E-state index contributed by atoms with van der Waals surface area (Å²) in [7, 11) is 1.92. The molecule has 0 fully saturated rings. The van der Waals surface area contributed by atoms with Gasteiger partial charge in [0.15, 0.2) is 5.16 Å². The summed E-state index contributed by atoms with van der Waals surface area (Å²) in [5.74, 6) is 1.66. The summed E-state index contributed by atoms with van der Waals surface area (Å²) in [5.41, 5.74) is -0.0966. The highest BCUT2D eigenvalue weighted by Gasteiger charge is 2.20. The molecule has 0 atom stereocenters. The van der Waals surface area contributed by atoms with Crippen molar-refractivity contribution in [3.8, 4) is 0 Å². The Hall–Kier alpha value is -1.63. The number of nitrogens with zero attached hydrogens (tertiary/aromatic N) is 5. The highest BCUT2D eigenvalue weighted by Crippen LogP contribution is 2.28. The van der Waals surface area contributed by atoms with Crippen LogP contribution in [0.15, 0.2) is 22.6 Å². The van der Waals surface area contributed by atoms with Crippen molar-refractivity contribution in [3.05, 3.63) is 18.2 Å². The van der Waals surface area contributed by atoms with Crippen LogP contribution in [0.2, 0.25) is 0 Å². The van der Waals surface area contributed by atoms with Crippen LogP contribution in [0, 0.1) is 0 Å². The van der Waals surface area contributed by atoms with Crippen molar-refractivity contribution in [2.45, 2.75) is 43.3 Å². The Morgan fingerprint density at radius 1 is 1.30 bits per heavy atom. The zero-order chi connectivity index (χ0) is 14.8. The maximum Gasteiger partial charge on any atom is 0.197 e. The number of hydrogen-bond donors (Lipinski definition) is 1. The summed E-state index contributed by atoms with van der Waals surface area (Å²) in [6.45, 7) is 9.20. The van der Waals surface area contributed by atoms with Crippen LogP contribution >= 0.6 is 11.8 Å². The van der Waals surface area contributed by atoms with Gasteiger partial charge in [-0.15, -0.1) is 10.2 Å². The molecule has 0 aliphatic rings. The van der Waals surface area contributed by atoms with Gasteiger partial charge in [-0.25, -0.2) is 9.97 Å². The normalized spacial score (nSPS) is 11.7. The molecule has 0 radical (unpaired) electrons. The van der Waals surface area contributed by atoms with Crippen molar-refractivity contribution in [2.75, 3.05) is 11.9 Å². The predicted octanol–water partition coefficient (Wildman–Crippen LogP) is 2.49. The molecule has 2 heterocycles. The molecule has 0 bridgehead atoms. The summed E-state index contributed by atoms with van der Waals surface area (Å²) >= 11 is 1.49. The van der Waals surface area contributed by atoms with Gasteiger partial charge in [-0.3, -0.25) is 0 Å². The van der Waals surface area contributed by atoms with E-state index < -0.39 is 0 Å².